The Morgan fingerprint density at radius 3 is 2.93 bits per heavy atom. The molecule has 82 valence electrons. The second kappa shape index (κ2) is 5.32. The zero-order valence-corrected chi connectivity index (χ0v) is 8.73. The molecule has 1 fully saturated rings. The summed E-state index contributed by atoms with van der Waals surface area (Å²) in [7, 11) is 0. The van der Waals surface area contributed by atoms with Gasteiger partial charge in [0.05, 0.1) is 18.6 Å². The summed E-state index contributed by atoms with van der Waals surface area (Å²) in [5.74, 6) is -1.08. The number of hydrogen-bond donors (Lipinski definition) is 1. The molecule has 0 aromatic heterocycles. The molecule has 0 aliphatic carbocycles. The van der Waals surface area contributed by atoms with Crippen LogP contribution in [0.25, 0.3) is 0 Å². The van der Waals surface area contributed by atoms with Gasteiger partial charge in [-0.05, 0) is 26.2 Å². The number of aliphatic carboxylic acids is 1. The maximum absolute atomic E-state index is 10.6. The quantitative estimate of drug-likeness (QED) is 0.753. The summed E-state index contributed by atoms with van der Waals surface area (Å²) in [5.41, 5.74) is 0. The topological polar surface area (TPSA) is 55.8 Å². The zero-order valence-electron chi connectivity index (χ0n) is 8.73. The maximum atomic E-state index is 10.6. The van der Waals surface area contributed by atoms with Crippen LogP contribution >= 0.6 is 0 Å². The zero-order chi connectivity index (χ0) is 10.6. The van der Waals surface area contributed by atoms with E-state index in [1.54, 1.807) is 6.92 Å². The number of carboxylic acids is 1. The van der Waals surface area contributed by atoms with E-state index in [0.717, 1.165) is 6.42 Å². The van der Waals surface area contributed by atoms with Crippen molar-refractivity contribution in [1.82, 2.24) is 0 Å². The summed E-state index contributed by atoms with van der Waals surface area (Å²) in [4.78, 5) is 10.6. The smallest absolute Gasteiger partial charge is 0.306 e. The van der Waals surface area contributed by atoms with Gasteiger partial charge in [0.2, 0.25) is 0 Å². The van der Waals surface area contributed by atoms with Crippen molar-refractivity contribution in [2.75, 3.05) is 6.61 Å². The number of carboxylic acid groups (broad SMARTS) is 1. The molecule has 0 bridgehead atoms. The second-order valence-electron chi connectivity index (χ2n) is 3.85. The summed E-state index contributed by atoms with van der Waals surface area (Å²) in [5, 5.41) is 8.68. The molecule has 0 spiro atoms. The third kappa shape index (κ3) is 3.64. The Morgan fingerprint density at radius 1 is 1.64 bits per heavy atom. The first-order valence-corrected chi connectivity index (χ1v) is 5.09. The molecule has 0 radical (unpaired) electrons. The molecule has 1 saturated heterocycles. The van der Waals surface area contributed by atoms with Gasteiger partial charge in [-0.15, -0.1) is 0 Å². The molecule has 14 heavy (non-hydrogen) atoms. The van der Waals surface area contributed by atoms with Gasteiger partial charge in [0, 0.05) is 0 Å². The Hall–Kier alpha value is -0.610. The van der Waals surface area contributed by atoms with Crippen molar-refractivity contribution in [3.8, 4) is 0 Å². The van der Waals surface area contributed by atoms with Crippen molar-refractivity contribution in [1.29, 1.82) is 0 Å². The van der Waals surface area contributed by atoms with Crippen LogP contribution in [-0.4, -0.2) is 30.1 Å². The van der Waals surface area contributed by atoms with Gasteiger partial charge in [0.25, 0.3) is 0 Å². The van der Waals surface area contributed by atoms with E-state index < -0.39 is 5.97 Å². The van der Waals surface area contributed by atoms with Crippen LogP contribution in [0.3, 0.4) is 0 Å². The highest BCUT2D eigenvalue weighted by Crippen LogP contribution is 2.18. The lowest BCUT2D eigenvalue weighted by Gasteiger charge is -2.28. The average molecular weight is 202 g/mol. The van der Waals surface area contributed by atoms with Gasteiger partial charge in [-0.2, -0.15) is 0 Å². The van der Waals surface area contributed by atoms with Gasteiger partial charge in [-0.25, -0.2) is 0 Å². The van der Waals surface area contributed by atoms with Crippen LogP contribution in [0.2, 0.25) is 0 Å². The molecule has 4 heteroatoms. The summed E-state index contributed by atoms with van der Waals surface area (Å²) in [6.07, 6.45) is 2.21. The minimum atomic E-state index is -0.756. The van der Waals surface area contributed by atoms with Gasteiger partial charge in [0.1, 0.15) is 0 Å². The van der Waals surface area contributed by atoms with E-state index in [4.69, 9.17) is 14.6 Å². The molecular formula is C10H18O4. The highest BCUT2D eigenvalue weighted by Gasteiger charge is 2.21. The minimum Gasteiger partial charge on any atom is -0.481 e. The predicted molar refractivity (Wildman–Crippen MR) is 50.9 cm³/mol. The van der Waals surface area contributed by atoms with Crippen LogP contribution < -0.4 is 0 Å². The molecule has 3 unspecified atom stereocenters. The van der Waals surface area contributed by atoms with E-state index in [2.05, 4.69) is 0 Å². The lowest BCUT2D eigenvalue weighted by Crippen LogP contribution is -2.31. The Kier molecular flexibility index (Phi) is 4.35. The molecule has 4 nitrogen and oxygen atoms in total. The summed E-state index contributed by atoms with van der Waals surface area (Å²) in [6, 6.07) is 0. The molecule has 0 aromatic rings. The molecule has 1 aliphatic rings. The Labute approximate surface area is 84.2 Å². The second-order valence-corrected chi connectivity index (χ2v) is 3.85. The standard InChI is InChI=1S/C10H18O4/c1-7(10(11)12)3-4-9-13-6-5-8(2)14-9/h7-9H,3-6H2,1-2H3,(H,11,12). The van der Waals surface area contributed by atoms with Gasteiger partial charge in [-0.1, -0.05) is 6.92 Å². The molecule has 3 atom stereocenters. The van der Waals surface area contributed by atoms with E-state index >= 15 is 0 Å². The third-order valence-electron chi connectivity index (χ3n) is 2.47. The number of carbonyl (C=O) groups is 1. The van der Waals surface area contributed by atoms with E-state index in [1.807, 2.05) is 6.92 Å². The first-order valence-electron chi connectivity index (χ1n) is 5.09. The molecule has 1 aliphatic heterocycles. The number of ether oxygens (including phenoxy) is 2. The highest BCUT2D eigenvalue weighted by atomic mass is 16.7. The van der Waals surface area contributed by atoms with Crippen molar-refractivity contribution in [2.24, 2.45) is 5.92 Å². The summed E-state index contributed by atoms with van der Waals surface area (Å²) < 4.78 is 10.9. The van der Waals surface area contributed by atoms with Crippen molar-refractivity contribution in [3.63, 3.8) is 0 Å². The van der Waals surface area contributed by atoms with Gasteiger partial charge < -0.3 is 14.6 Å². The number of rotatable bonds is 4. The molecule has 0 saturated carbocycles. The van der Waals surface area contributed by atoms with E-state index in [0.29, 0.717) is 19.4 Å². The fourth-order valence-electron chi connectivity index (χ4n) is 1.39. The minimum absolute atomic E-state index is 0.208. The molecule has 1 N–H and O–H groups in total. The Morgan fingerprint density at radius 2 is 2.36 bits per heavy atom. The van der Waals surface area contributed by atoms with Crippen molar-refractivity contribution in [3.05, 3.63) is 0 Å². The first-order chi connectivity index (χ1) is 6.59. The van der Waals surface area contributed by atoms with Crippen molar-refractivity contribution < 1.29 is 19.4 Å². The molecule has 0 aromatic carbocycles. The molecular weight excluding hydrogens is 184 g/mol. The van der Waals surface area contributed by atoms with E-state index in [9.17, 15) is 4.79 Å². The lowest BCUT2D eigenvalue weighted by molar-refractivity contribution is -0.211. The summed E-state index contributed by atoms with van der Waals surface area (Å²) >= 11 is 0. The van der Waals surface area contributed by atoms with E-state index in [-0.39, 0.29) is 18.3 Å². The van der Waals surface area contributed by atoms with Crippen LogP contribution in [-0.2, 0) is 14.3 Å². The van der Waals surface area contributed by atoms with Crippen LogP contribution in [0.5, 0.6) is 0 Å². The van der Waals surface area contributed by atoms with Gasteiger partial charge in [0.15, 0.2) is 6.29 Å². The third-order valence-corrected chi connectivity index (χ3v) is 2.47. The first kappa shape index (κ1) is 11.5. The van der Waals surface area contributed by atoms with Crippen LogP contribution in [0.1, 0.15) is 33.1 Å². The number of hydrogen-bond acceptors (Lipinski definition) is 3. The van der Waals surface area contributed by atoms with Crippen molar-refractivity contribution in [2.45, 2.75) is 45.5 Å². The molecule has 1 rings (SSSR count). The van der Waals surface area contributed by atoms with Crippen LogP contribution in [0.15, 0.2) is 0 Å². The fourth-order valence-corrected chi connectivity index (χ4v) is 1.39. The molecule has 1 heterocycles. The van der Waals surface area contributed by atoms with Crippen LogP contribution in [0, 0.1) is 5.92 Å². The highest BCUT2D eigenvalue weighted by molar-refractivity contribution is 5.69. The maximum Gasteiger partial charge on any atom is 0.306 e. The predicted octanol–water partition coefficient (Wildman–Crippen LogP) is 1.64. The molecule has 0 amide bonds. The Bertz CT molecular complexity index is 193. The van der Waals surface area contributed by atoms with Gasteiger partial charge in [-0.3, -0.25) is 4.79 Å². The average Bonchev–Trinajstić information content (AvgIpc) is 2.14. The largest absolute Gasteiger partial charge is 0.481 e. The summed E-state index contributed by atoms with van der Waals surface area (Å²) in [6.45, 7) is 4.43. The fraction of sp³-hybridized carbons (Fsp3) is 0.900. The van der Waals surface area contributed by atoms with Crippen molar-refractivity contribution >= 4 is 5.97 Å². The Balaban J connectivity index is 2.20. The normalized spacial score (nSPS) is 29.9. The van der Waals surface area contributed by atoms with E-state index in [1.165, 1.54) is 0 Å². The lowest BCUT2D eigenvalue weighted by atomic mass is 10.1. The van der Waals surface area contributed by atoms with Crippen LogP contribution in [0.4, 0.5) is 0 Å². The van der Waals surface area contributed by atoms with Gasteiger partial charge >= 0.3 is 5.97 Å². The SMILES string of the molecule is CC1CCOC(CCC(C)C(=O)O)O1. The monoisotopic (exact) mass is 202 g/mol.